The van der Waals surface area contributed by atoms with Crippen molar-refractivity contribution < 1.29 is 17.9 Å². The van der Waals surface area contributed by atoms with E-state index in [0.29, 0.717) is 15.9 Å². The number of carbonyl (C=O) groups is 1. The summed E-state index contributed by atoms with van der Waals surface area (Å²) in [5, 5.41) is 0.969. The van der Waals surface area contributed by atoms with Crippen LogP contribution in [0.2, 0.25) is 5.02 Å². The van der Waals surface area contributed by atoms with Crippen molar-refractivity contribution in [2.24, 2.45) is 4.99 Å². The average molecular weight is 437 g/mol. The van der Waals surface area contributed by atoms with Crippen molar-refractivity contribution in [1.29, 1.82) is 0 Å². The second-order valence-electron chi connectivity index (χ2n) is 6.54. The Morgan fingerprint density at radius 2 is 1.86 bits per heavy atom. The molecule has 0 aromatic heterocycles. The molecular formula is C19H17ClN2O4S2. The second-order valence-corrected chi connectivity index (χ2v) is 10.3. The molecule has 0 aliphatic carbocycles. The van der Waals surface area contributed by atoms with E-state index in [0.717, 1.165) is 5.69 Å². The molecule has 28 heavy (non-hydrogen) atoms. The zero-order valence-electron chi connectivity index (χ0n) is 14.7. The molecule has 2 heterocycles. The third-order valence-corrected chi connectivity index (χ3v) is 7.96. The largest absolute Gasteiger partial charge is 0.484 e. The number of aliphatic imine (C=N–C) groups is 1. The van der Waals surface area contributed by atoms with Crippen LogP contribution in [-0.4, -0.2) is 48.9 Å². The fourth-order valence-electron chi connectivity index (χ4n) is 3.27. The number of carbonyl (C=O) groups excluding carboxylic acids is 1. The van der Waals surface area contributed by atoms with Crippen molar-refractivity contribution in [3.8, 4) is 5.75 Å². The second kappa shape index (κ2) is 7.77. The van der Waals surface area contributed by atoms with Gasteiger partial charge in [0.15, 0.2) is 21.6 Å². The van der Waals surface area contributed by atoms with Crippen molar-refractivity contribution in [2.45, 2.75) is 11.3 Å². The van der Waals surface area contributed by atoms with Crippen LogP contribution < -0.4 is 9.64 Å². The van der Waals surface area contributed by atoms with Crippen molar-refractivity contribution in [1.82, 2.24) is 0 Å². The minimum atomic E-state index is -3.09. The zero-order chi connectivity index (χ0) is 19.7. The number of thioether (sulfide) groups is 1. The number of fused-ring (bicyclic) bond motifs is 1. The van der Waals surface area contributed by atoms with Crippen LogP contribution in [-0.2, 0) is 14.6 Å². The Kier molecular flexibility index (Phi) is 5.35. The van der Waals surface area contributed by atoms with Crippen LogP contribution in [0.15, 0.2) is 59.6 Å². The average Bonchev–Trinajstić information content (AvgIpc) is 3.12. The number of hydrogen-bond acceptors (Lipinski definition) is 5. The smallest absolute Gasteiger partial charge is 0.285 e. The van der Waals surface area contributed by atoms with Crippen molar-refractivity contribution in [2.75, 3.05) is 23.0 Å². The number of para-hydroxylation sites is 1. The number of benzene rings is 2. The number of hydrogen-bond donors (Lipinski definition) is 0. The van der Waals surface area contributed by atoms with E-state index in [1.165, 1.54) is 11.8 Å². The Balaban J connectivity index is 1.53. The van der Waals surface area contributed by atoms with Gasteiger partial charge in [-0.05, 0) is 36.4 Å². The Labute approximate surface area is 172 Å². The highest BCUT2D eigenvalue weighted by Gasteiger charge is 2.49. The highest BCUT2D eigenvalue weighted by Crippen LogP contribution is 2.40. The number of halogens is 1. The lowest BCUT2D eigenvalue weighted by Gasteiger charge is -2.24. The summed E-state index contributed by atoms with van der Waals surface area (Å²) in [6, 6.07) is 15.9. The van der Waals surface area contributed by atoms with Crippen LogP contribution >= 0.6 is 23.4 Å². The SMILES string of the molecule is O=C(COc1ccc(Cl)cc1)N=C1S[C@H]2CS(=O)(=O)C[C@H]2N1c1ccccc1. The fraction of sp³-hybridized carbons (Fsp3) is 0.263. The maximum absolute atomic E-state index is 12.4. The zero-order valence-corrected chi connectivity index (χ0v) is 17.1. The molecule has 2 saturated heterocycles. The number of ether oxygens (including phenoxy) is 1. The van der Waals surface area contributed by atoms with E-state index in [1.807, 2.05) is 35.2 Å². The predicted octanol–water partition coefficient (Wildman–Crippen LogP) is 3.02. The Bertz CT molecular complexity index is 1010. The third kappa shape index (κ3) is 4.19. The Morgan fingerprint density at radius 3 is 2.57 bits per heavy atom. The summed E-state index contributed by atoms with van der Waals surface area (Å²) in [4.78, 5) is 18.4. The number of amidine groups is 1. The van der Waals surface area contributed by atoms with Crippen LogP contribution in [0, 0.1) is 0 Å². The summed E-state index contributed by atoms with van der Waals surface area (Å²) in [5.41, 5.74) is 0.824. The van der Waals surface area contributed by atoms with Crippen LogP contribution in [0.3, 0.4) is 0 Å². The van der Waals surface area contributed by atoms with E-state index in [9.17, 15) is 13.2 Å². The molecule has 2 atom stereocenters. The van der Waals surface area contributed by atoms with Gasteiger partial charge in [-0.25, -0.2) is 8.42 Å². The molecule has 2 fully saturated rings. The summed E-state index contributed by atoms with van der Waals surface area (Å²) in [5.74, 6) is 0.259. The number of amides is 1. The van der Waals surface area contributed by atoms with Gasteiger partial charge in [-0.2, -0.15) is 4.99 Å². The van der Waals surface area contributed by atoms with E-state index < -0.39 is 15.7 Å². The standard InChI is InChI=1S/C19H17ClN2O4S2/c20-13-6-8-15(9-7-13)26-10-18(23)21-19-22(14-4-2-1-3-5-14)16-11-28(24,25)12-17(16)27-19/h1-9,16-17H,10-12H2/t16-,17+/m1/s1. The molecule has 2 aromatic rings. The predicted molar refractivity (Wildman–Crippen MR) is 112 cm³/mol. The first-order chi connectivity index (χ1) is 13.4. The van der Waals surface area contributed by atoms with Gasteiger partial charge in [-0.1, -0.05) is 41.6 Å². The summed E-state index contributed by atoms with van der Waals surface area (Å²) in [6.45, 7) is -0.206. The van der Waals surface area contributed by atoms with Gasteiger partial charge >= 0.3 is 0 Å². The van der Waals surface area contributed by atoms with Gasteiger partial charge in [-0.15, -0.1) is 0 Å². The Morgan fingerprint density at radius 1 is 1.14 bits per heavy atom. The summed E-state index contributed by atoms with van der Waals surface area (Å²) >= 11 is 7.17. The number of rotatable bonds is 4. The maximum atomic E-state index is 12.4. The molecule has 146 valence electrons. The molecule has 0 radical (unpaired) electrons. The minimum Gasteiger partial charge on any atom is -0.484 e. The lowest BCUT2D eigenvalue weighted by Crippen LogP contribution is -2.37. The quantitative estimate of drug-likeness (QED) is 0.733. The Hall–Kier alpha value is -2.03. The molecule has 0 unspecified atom stereocenters. The summed E-state index contributed by atoms with van der Waals surface area (Å²) in [6.07, 6.45) is 0. The van der Waals surface area contributed by atoms with Crippen LogP contribution in [0.4, 0.5) is 5.69 Å². The number of nitrogens with zero attached hydrogens (tertiary/aromatic N) is 2. The molecule has 0 bridgehead atoms. The molecule has 0 saturated carbocycles. The van der Waals surface area contributed by atoms with Crippen molar-refractivity contribution in [3.05, 3.63) is 59.6 Å². The molecular weight excluding hydrogens is 420 g/mol. The van der Waals surface area contributed by atoms with Gasteiger partial charge < -0.3 is 9.64 Å². The lowest BCUT2D eigenvalue weighted by atomic mass is 10.2. The van der Waals surface area contributed by atoms with Crippen LogP contribution in [0.25, 0.3) is 0 Å². The van der Waals surface area contributed by atoms with E-state index in [1.54, 1.807) is 24.3 Å². The van der Waals surface area contributed by atoms with E-state index in [4.69, 9.17) is 16.3 Å². The highest BCUT2D eigenvalue weighted by atomic mass is 35.5. The third-order valence-electron chi connectivity index (χ3n) is 4.50. The molecule has 9 heteroatoms. The van der Waals surface area contributed by atoms with E-state index in [-0.39, 0.29) is 29.4 Å². The molecule has 0 spiro atoms. The lowest BCUT2D eigenvalue weighted by molar-refractivity contribution is -0.119. The van der Waals surface area contributed by atoms with Gasteiger partial charge in [0.2, 0.25) is 0 Å². The summed E-state index contributed by atoms with van der Waals surface area (Å²) in [7, 11) is -3.09. The topological polar surface area (TPSA) is 76.0 Å². The monoisotopic (exact) mass is 436 g/mol. The van der Waals surface area contributed by atoms with Gasteiger partial charge in [0.05, 0.1) is 17.5 Å². The van der Waals surface area contributed by atoms with E-state index >= 15 is 0 Å². The summed E-state index contributed by atoms with van der Waals surface area (Å²) < 4.78 is 29.6. The molecule has 2 aliphatic rings. The molecule has 1 amide bonds. The first kappa shape index (κ1) is 19.3. The van der Waals surface area contributed by atoms with Gasteiger partial charge in [0, 0.05) is 16.0 Å². The number of sulfone groups is 1. The molecule has 2 aliphatic heterocycles. The van der Waals surface area contributed by atoms with Crippen molar-refractivity contribution in [3.63, 3.8) is 0 Å². The molecule has 0 N–H and O–H groups in total. The van der Waals surface area contributed by atoms with Crippen molar-refractivity contribution >= 4 is 50.0 Å². The molecule has 2 aromatic carbocycles. The maximum Gasteiger partial charge on any atom is 0.285 e. The fourth-order valence-corrected chi connectivity index (χ4v) is 7.33. The van der Waals surface area contributed by atoms with Gasteiger partial charge in [0.25, 0.3) is 5.91 Å². The van der Waals surface area contributed by atoms with E-state index in [2.05, 4.69) is 4.99 Å². The molecule has 6 nitrogen and oxygen atoms in total. The highest BCUT2D eigenvalue weighted by molar-refractivity contribution is 8.16. The first-order valence-electron chi connectivity index (χ1n) is 8.62. The molecule has 4 rings (SSSR count). The van der Waals surface area contributed by atoms with Crippen LogP contribution in [0.5, 0.6) is 5.75 Å². The van der Waals surface area contributed by atoms with Gasteiger partial charge in [0.1, 0.15) is 5.75 Å². The normalized spacial score (nSPS) is 24.3. The van der Waals surface area contributed by atoms with Gasteiger partial charge in [-0.3, -0.25) is 4.79 Å². The van der Waals surface area contributed by atoms with Crippen LogP contribution in [0.1, 0.15) is 0 Å². The minimum absolute atomic E-state index is 0.0635. The number of anilines is 1. The first-order valence-corrected chi connectivity index (χ1v) is 11.7.